The van der Waals surface area contributed by atoms with Gasteiger partial charge in [0.15, 0.2) is 23.3 Å². The van der Waals surface area contributed by atoms with Crippen LogP contribution in [0.5, 0.6) is 0 Å². The van der Waals surface area contributed by atoms with Crippen LogP contribution in [0.3, 0.4) is 0 Å². The van der Waals surface area contributed by atoms with Gasteiger partial charge in [0.2, 0.25) is 10.6 Å². The lowest BCUT2D eigenvalue weighted by Crippen LogP contribution is -2.27. The van der Waals surface area contributed by atoms with Gasteiger partial charge >= 0.3 is 6.09 Å². The molecule has 1 N–H and O–H groups in total. The van der Waals surface area contributed by atoms with Crippen molar-refractivity contribution >= 4 is 51.4 Å². The minimum absolute atomic E-state index is 0.0538. The summed E-state index contributed by atoms with van der Waals surface area (Å²) in [6.45, 7) is 5.04. The van der Waals surface area contributed by atoms with Gasteiger partial charge in [-0.2, -0.15) is 0 Å². The number of carbonyl (C=O) groups is 1. The number of carbonyl (C=O) groups excluding carboxylic acids is 1. The number of aromatic nitrogens is 4. The van der Waals surface area contributed by atoms with E-state index < -0.39 is 35.0 Å². The van der Waals surface area contributed by atoms with E-state index >= 15 is 0 Å². The number of imidazole rings is 2. The van der Waals surface area contributed by atoms with E-state index in [0.29, 0.717) is 11.0 Å². The smallest absolute Gasteiger partial charge is 0.421 e. The molecular weight excluding hydrogens is 463 g/mol. The Bertz CT molecular complexity index is 1260. The maximum atomic E-state index is 13.2. The number of hydrogen-bond acceptors (Lipinski definition) is 4. The number of rotatable bonds is 0. The van der Waals surface area contributed by atoms with Gasteiger partial charge in [-0.25, -0.2) is 36.9 Å². The molecule has 0 radical (unpaired) electrons. The van der Waals surface area contributed by atoms with E-state index in [1.54, 1.807) is 20.8 Å². The van der Waals surface area contributed by atoms with E-state index in [1.807, 2.05) is 0 Å². The van der Waals surface area contributed by atoms with Crippen LogP contribution in [-0.4, -0.2) is 31.2 Å². The Kier molecular flexibility index (Phi) is 6.15. The van der Waals surface area contributed by atoms with Crippen LogP contribution in [0.25, 0.3) is 22.1 Å². The molecule has 0 spiro atoms. The lowest BCUT2D eigenvalue weighted by Gasteiger charge is -2.19. The fraction of sp³-hybridized carbons (Fsp3) is 0.211. The third kappa shape index (κ3) is 5.08. The third-order valence-electron chi connectivity index (χ3n) is 3.73. The number of nitrogens with zero attached hydrogens (tertiary/aromatic N) is 3. The Morgan fingerprint density at radius 3 is 2.10 bits per heavy atom. The highest BCUT2D eigenvalue weighted by molar-refractivity contribution is 6.30. The monoisotopic (exact) mass is 476 g/mol. The van der Waals surface area contributed by atoms with Gasteiger partial charge in [-0.15, -0.1) is 0 Å². The fourth-order valence-electron chi connectivity index (χ4n) is 2.50. The van der Waals surface area contributed by atoms with Gasteiger partial charge < -0.3 is 9.72 Å². The second-order valence-corrected chi connectivity index (χ2v) is 7.96. The number of halogens is 6. The van der Waals surface area contributed by atoms with Crippen LogP contribution in [0.4, 0.5) is 22.4 Å². The molecule has 0 bridgehead atoms. The molecule has 0 saturated carbocycles. The van der Waals surface area contributed by atoms with E-state index in [1.165, 1.54) is 0 Å². The van der Waals surface area contributed by atoms with E-state index in [9.17, 15) is 22.4 Å². The zero-order valence-corrected chi connectivity index (χ0v) is 17.7. The lowest BCUT2D eigenvalue weighted by atomic mass is 10.2. The topological polar surface area (TPSA) is 72.8 Å². The molecule has 4 aromatic rings. The van der Waals surface area contributed by atoms with Crippen molar-refractivity contribution in [1.82, 2.24) is 19.5 Å². The molecule has 0 aliphatic carbocycles. The quantitative estimate of drug-likeness (QED) is 0.304. The lowest BCUT2D eigenvalue weighted by molar-refractivity contribution is 0.0544. The zero-order valence-electron chi connectivity index (χ0n) is 16.2. The van der Waals surface area contributed by atoms with E-state index in [2.05, 4.69) is 15.0 Å². The van der Waals surface area contributed by atoms with Gasteiger partial charge in [0, 0.05) is 24.3 Å². The fourth-order valence-corrected chi connectivity index (χ4v) is 2.94. The van der Waals surface area contributed by atoms with Crippen molar-refractivity contribution in [3.05, 3.63) is 58.1 Å². The highest BCUT2D eigenvalue weighted by atomic mass is 35.5. The summed E-state index contributed by atoms with van der Waals surface area (Å²) in [6, 6.07) is 3.74. The van der Waals surface area contributed by atoms with Gasteiger partial charge in [0.25, 0.3) is 0 Å². The number of nitrogens with one attached hydrogen (secondary N) is 1. The van der Waals surface area contributed by atoms with Crippen LogP contribution in [0.1, 0.15) is 20.8 Å². The molecule has 0 saturated heterocycles. The van der Waals surface area contributed by atoms with Crippen LogP contribution in [-0.2, 0) is 4.74 Å². The standard InChI is InChI=1S/C12H11ClF2N2O2.C7H3ClF2N2/c1-12(2,3)19-11(18)17-9-5-7(15)6(14)4-8(9)16-10(17)13;8-7-11-5-1-3(9)4(10)2-6(5)12-7/h4-5H,1-3H3;1-2H,(H,11,12). The van der Waals surface area contributed by atoms with Crippen molar-refractivity contribution in [3.63, 3.8) is 0 Å². The molecule has 0 atom stereocenters. The molecule has 2 aromatic heterocycles. The SMILES string of the molecule is CC(C)(C)OC(=O)n1c(Cl)nc2cc(F)c(F)cc21.Fc1cc2nc(Cl)[nH]c2cc1F. The molecular formula is C19H14Cl2F4N4O2. The molecule has 0 aliphatic rings. The average Bonchev–Trinajstić information content (AvgIpc) is 3.12. The Morgan fingerprint density at radius 2 is 1.48 bits per heavy atom. The summed E-state index contributed by atoms with van der Waals surface area (Å²) in [5.74, 6) is -3.99. The molecule has 4 rings (SSSR count). The molecule has 2 heterocycles. The summed E-state index contributed by atoms with van der Waals surface area (Å²) in [6.07, 6.45) is -0.800. The molecule has 0 fully saturated rings. The number of H-pyrrole nitrogens is 1. The number of ether oxygens (including phenoxy) is 1. The molecule has 2 aromatic carbocycles. The van der Waals surface area contributed by atoms with Gasteiger partial charge in [-0.05, 0) is 44.0 Å². The predicted octanol–water partition coefficient (Wildman–Crippen LogP) is 6.25. The Labute approximate surface area is 182 Å². The number of fused-ring (bicyclic) bond motifs is 2. The van der Waals surface area contributed by atoms with Crippen molar-refractivity contribution in [1.29, 1.82) is 0 Å². The van der Waals surface area contributed by atoms with E-state index in [4.69, 9.17) is 27.9 Å². The first kappa shape index (κ1) is 22.8. The Balaban J connectivity index is 0.000000194. The van der Waals surface area contributed by atoms with Crippen LogP contribution in [0.2, 0.25) is 10.6 Å². The average molecular weight is 477 g/mol. The van der Waals surface area contributed by atoms with Gasteiger partial charge in [-0.1, -0.05) is 0 Å². The van der Waals surface area contributed by atoms with Crippen LogP contribution >= 0.6 is 23.2 Å². The van der Waals surface area contributed by atoms with Crippen molar-refractivity contribution in [3.8, 4) is 0 Å². The Morgan fingerprint density at radius 1 is 0.935 bits per heavy atom. The zero-order chi connectivity index (χ0) is 23.1. The van der Waals surface area contributed by atoms with E-state index in [-0.39, 0.29) is 21.6 Å². The summed E-state index contributed by atoms with van der Waals surface area (Å²) in [5, 5.41) is -0.0933. The molecule has 164 valence electrons. The number of aromatic amines is 1. The molecule has 12 heteroatoms. The van der Waals surface area contributed by atoms with Gasteiger partial charge in [-0.3, -0.25) is 0 Å². The molecule has 0 unspecified atom stereocenters. The maximum absolute atomic E-state index is 13.2. The highest BCUT2D eigenvalue weighted by Gasteiger charge is 2.23. The number of benzene rings is 2. The van der Waals surface area contributed by atoms with E-state index in [0.717, 1.165) is 28.8 Å². The maximum Gasteiger partial charge on any atom is 0.421 e. The first-order chi connectivity index (χ1) is 14.4. The third-order valence-corrected chi connectivity index (χ3v) is 4.16. The summed E-state index contributed by atoms with van der Waals surface area (Å²) < 4.78 is 57.5. The summed E-state index contributed by atoms with van der Waals surface area (Å²) >= 11 is 11.3. The minimum Gasteiger partial charge on any atom is -0.443 e. The summed E-state index contributed by atoms with van der Waals surface area (Å²) in [7, 11) is 0. The molecule has 31 heavy (non-hydrogen) atoms. The Hall–Kier alpha value is -2.85. The van der Waals surface area contributed by atoms with Crippen molar-refractivity contribution < 1.29 is 27.1 Å². The first-order valence-corrected chi connectivity index (χ1v) is 9.38. The van der Waals surface area contributed by atoms with Crippen LogP contribution in [0, 0.1) is 23.3 Å². The van der Waals surface area contributed by atoms with Gasteiger partial charge in [0.05, 0.1) is 22.1 Å². The van der Waals surface area contributed by atoms with Crippen molar-refractivity contribution in [2.24, 2.45) is 0 Å². The first-order valence-electron chi connectivity index (χ1n) is 8.62. The largest absolute Gasteiger partial charge is 0.443 e. The van der Waals surface area contributed by atoms with Crippen LogP contribution < -0.4 is 0 Å². The number of hydrogen-bond donors (Lipinski definition) is 1. The highest BCUT2D eigenvalue weighted by Crippen LogP contribution is 2.24. The second kappa shape index (κ2) is 8.35. The molecule has 0 amide bonds. The van der Waals surface area contributed by atoms with Crippen LogP contribution in [0.15, 0.2) is 24.3 Å². The predicted molar refractivity (Wildman–Crippen MR) is 107 cm³/mol. The summed E-state index contributed by atoms with van der Waals surface area (Å²) in [4.78, 5) is 22.0. The molecule has 0 aliphatic heterocycles. The van der Waals surface area contributed by atoms with Crippen molar-refractivity contribution in [2.75, 3.05) is 0 Å². The molecule has 6 nitrogen and oxygen atoms in total. The summed E-state index contributed by atoms with van der Waals surface area (Å²) in [5.41, 5.74) is 0.0981. The van der Waals surface area contributed by atoms with Gasteiger partial charge in [0.1, 0.15) is 5.60 Å². The second-order valence-electron chi connectivity index (χ2n) is 7.26. The van der Waals surface area contributed by atoms with Crippen molar-refractivity contribution in [2.45, 2.75) is 26.4 Å². The normalized spacial score (nSPS) is 11.5. The minimum atomic E-state index is -1.09.